The van der Waals surface area contributed by atoms with Gasteiger partial charge in [0.2, 0.25) is 10.0 Å². The Morgan fingerprint density at radius 1 is 1.13 bits per heavy atom. The van der Waals surface area contributed by atoms with Gasteiger partial charge in [0.25, 0.3) is 5.91 Å². The fourth-order valence-corrected chi connectivity index (χ4v) is 4.70. The Bertz CT molecular complexity index is 852. The number of hydrogen-bond acceptors (Lipinski definition) is 3. The molecule has 23 heavy (non-hydrogen) atoms. The second kappa shape index (κ2) is 6.48. The zero-order valence-electron chi connectivity index (χ0n) is 12.2. The number of nitrogens with zero attached hydrogens (tertiary/aromatic N) is 1. The maximum atomic E-state index is 12.3. The lowest BCUT2D eigenvalue weighted by Gasteiger charge is -2.18. The van der Waals surface area contributed by atoms with Crippen LogP contribution in [0, 0.1) is 3.57 Å². The summed E-state index contributed by atoms with van der Waals surface area (Å²) >= 11 is 2.11. The molecule has 2 aromatic carbocycles. The van der Waals surface area contributed by atoms with Crippen LogP contribution in [0.4, 0.5) is 11.4 Å². The van der Waals surface area contributed by atoms with E-state index in [0.717, 1.165) is 3.57 Å². The molecule has 120 valence electrons. The van der Waals surface area contributed by atoms with Gasteiger partial charge in [-0.1, -0.05) is 18.2 Å². The molecule has 0 aliphatic carbocycles. The predicted octanol–water partition coefficient (Wildman–Crippen LogP) is 3.08. The molecular weight excluding hydrogens is 427 g/mol. The van der Waals surface area contributed by atoms with Crippen molar-refractivity contribution in [3.05, 3.63) is 57.7 Å². The fourth-order valence-electron chi connectivity index (χ4n) is 2.51. The van der Waals surface area contributed by atoms with E-state index in [0.29, 0.717) is 29.9 Å². The minimum absolute atomic E-state index is 0.172. The van der Waals surface area contributed by atoms with Crippen LogP contribution in [-0.4, -0.2) is 26.6 Å². The number of carbonyl (C=O) groups excluding carboxylic acids is 1. The van der Waals surface area contributed by atoms with Crippen LogP contribution in [0.1, 0.15) is 16.8 Å². The van der Waals surface area contributed by atoms with E-state index in [9.17, 15) is 13.2 Å². The van der Waals surface area contributed by atoms with Crippen molar-refractivity contribution in [3.63, 3.8) is 0 Å². The fraction of sp³-hybridized carbons (Fsp3) is 0.188. The van der Waals surface area contributed by atoms with E-state index >= 15 is 0 Å². The van der Waals surface area contributed by atoms with E-state index in [-0.39, 0.29) is 11.7 Å². The van der Waals surface area contributed by atoms with Crippen molar-refractivity contribution >= 4 is 49.9 Å². The highest BCUT2D eigenvalue weighted by molar-refractivity contribution is 14.1. The van der Waals surface area contributed by atoms with Gasteiger partial charge in [0.05, 0.1) is 17.0 Å². The third-order valence-electron chi connectivity index (χ3n) is 3.61. The number of rotatable bonds is 3. The Labute approximate surface area is 148 Å². The lowest BCUT2D eigenvalue weighted by Crippen LogP contribution is -2.25. The van der Waals surface area contributed by atoms with Gasteiger partial charge >= 0.3 is 0 Å². The number of carbonyl (C=O) groups is 1. The molecule has 3 rings (SSSR count). The highest BCUT2D eigenvalue weighted by Crippen LogP contribution is 2.26. The van der Waals surface area contributed by atoms with Crippen LogP contribution in [0.15, 0.2) is 48.5 Å². The first kappa shape index (κ1) is 16.3. The van der Waals surface area contributed by atoms with Crippen molar-refractivity contribution in [3.8, 4) is 0 Å². The maximum absolute atomic E-state index is 12.3. The van der Waals surface area contributed by atoms with E-state index in [1.807, 2.05) is 18.2 Å². The van der Waals surface area contributed by atoms with Crippen LogP contribution in [0.5, 0.6) is 0 Å². The molecule has 0 spiro atoms. The zero-order chi connectivity index (χ0) is 16.4. The van der Waals surface area contributed by atoms with Crippen molar-refractivity contribution < 1.29 is 13.2 Å². The maximum Gasteiger partial charge on any atom is 0.256 e. The molecule has 1 heterocycles. The molecule has 2 aromatic rings. The van der Waals surface area contributed by atoms with Gasteiger partial charge in [-0.3, -0.25) is 9.10 Å². The normalized spacial score (nSPS) is 16.3. The summed E-state index contributed by atoms with van der Waals surface area (Å²) in [4.78, 5) is 12.3. The van der Waals surface area contributed by atoms with Crippen molar-refractivity contribution in [2.75, 3.05) is 21.9 Å². The van der Waals surface area contributed by atoms with Crippen molar-refractivity contribution in [1.29, 1.82) is 0 Å². The summed E-state index contributed by atoms with van der Waals surface area (Å²) < 4.78 is 26.3. The molecule has 1 fully saturated rings. The molecule has 0 radical (unpaired) electrons. The number of benzene rings is 2. The first-order chi connectivity index (χ1) is 11.0. The summed E-state index contributed by atoms with van der Waals surface area (Å²) in [7, 11) is -3.22. The first-order valence-electron chi connectivity index (χ1n) is 7.14. The van der Waals surface area contributed by atoms with E-state index in [4.69, 9.17) is 0 Å². The molecule has 5 nitrogen and oxygen atoms in total. The van der Waals surface area contributed by atoms with Gasteiger partial charge in [0.15, 0.2) is 0 Å². The summed E-state index contributed by atoms with van der Waals surface area (Å²) in [6.45, 7) is 0.482. The first-order valence-corrected chi connectivity index (χ1v) is 9.82. The van der Waals surface area contributed by atoms with E-state index < -0.39 is 10.0 Å². The lowest BCUT2D eigenvalue weighted by atomic mass is 10.2. The van der Waals surface area contributed by atoms with E-state index in [1.165, 1.54) is 4.31 Å². The van der Waals surface area contributed by atoms with Crippen LogP contribution in [0.25, 0.3) is 0 Å². The van der Waals surface area contributed by atoms with Crippen molar-refractivity contribution in [2.24, 2.45) is 0 Å². The third-order valence-corrected chi connectivity index (χ3v) is 6.42. The lowest BCUT2D eigenvalue weighted by molar-refractivity contribution is 0.102. The van der Waals surface area contributed by atoms with Crippen molar-refractivity contribution in [2.45, 2.75) is 6.42 Å². The number of sulfonamides is 1. The Hall–Kier alpha value is -1.61. The summed E-state index contributed by atoms with van der Waals surface area (Å²) in [5.41, 5.74) is 1.75. The quantitative estimate of drug-likeness (QED) is 0.744. The molecule has 0 saturated carbocycles. The molecule has 1 amide bonds. The monoisotopic (exact) mass is 442 g/mol. The molecule has 1 aliphatic heterocycles. The smallest absolute Gasteiger partial charge is 0.256 e. The Kier molecular flexibility index (Phi) is 4.58. The van der Waals surface area contributed by atoms with Crippen LogP contribution in [0.3, 0.4) is 0 Å². The van der Waals surface area contributed by atoms with Gasteiger partial charge in [-0.05, 0) is 59.3 Å². The number of nitrogens with one attached hydrogen (secondary N) is 1. The molecule has 0 atom stereocenters. The van der Waals surface area contributed by atoms with Gasteiger partial charge in [-0.25, -0.2) is 8.42 Å². The molecule has 1 aliphatic rings. The average Bonchev–Trinajstić information content (AvgIpc) is 2.87. The van der Waals surface area contributed by atoms with Gasteiger partial charge in [0, 0.05) is 15.8 Å². The molecule has 1 N–H and O–H groups in total. The molecule has 1 saturated heterocycles. The van der Waals surface area contributed by atoms with Crippen LogP contribution < -0.4 is 9.62 Å². The molecular formula is C16H15IN2O3S. The van der Waals surface area contributed by atoms with Gasteiger partial charge in [-0.15, -0.1) is 0 Å². The second-order valence-electron chi connectivity index (χ2n) is 5.23. The van der Waals surface area contributed by atoms with Crippen LogP contribution >= 0.6 is 22.6 Å². The number of hydrogen-bond donors (Lipinski definition) is 1. The Morgan fingerprint density at radius 2 is 1.91 bits per heavy atom. The number of halogens is 1. The number of amides is 1. The summed E-state index contributed by atoms with van der Waals surface area (Å²) in [6.07, 6.45) is 0.626. The Balaban J connectivity index is 1.84. The summed E-state index contributed by atoms with van der Waals surface area (Å²) in [5, 5.41) is 2.83. The SMILES string of the molecule is O=C(Nc1cccc(N2CCCS2(=O)=O)c1)c1ccccc1I. The standard InChI is InChI=1S/C16H15IN2O3S/c17-15-8-2-1-7-14(15)16(20)18-12-5-3-6-13(11-12)19-9-4-10-23(19,21)22/h1-3,5-8,11H,4,9-10H2,(H,18,20). The van der Waals surface area contributed by atoms with Gasteiger partial charge in [0.1, 0.15) is 0 Å². The largest absolute Gasteiger partial charge is 0.322 e. The van der Waals surface area contributed by atoms with Gasteiger partial charge < -0.3 is 5.32 Å². The summed E-state index contributed by atoms with van der Waals surface area (Å²) in [6, 6.07) is 14.2. The molecule has 0 bridgehead atoms. The number of anilines is 2. The third kappa shape index (κ3) is 3.50. The van der Waals surface area contributed by atoms with Gasteiger partial charge in [-0.2, -0.15) is 0 Å². The highest BCUT2D eigenvalue weighted by Gasteiger charge is 2.28. The van der Waals surface area contributed by atoms with Crippen LogP contribution in [-0.2, 0) is 10.0 Å². The molecule has 0 unspecified atom stereocenters. The predicted molar refractivity (Wildman–Crippen MR) is 99.3 cm³/mol. The van der Waals surface area contributed by atoms with E-state index in [2.05, 4.69) is 27.9 Å². The minimum Gasteiger partial charge on any atom is -0.322 e. The van der Waals surface area contributed by atoms with Crippen molar-refractivity contribution in [1.82, 2.24) is 0 Å². The summed E-state index contributed by atoms with van der Waals surface area (Å²) in [5.74, 6) is -0.0392. The Morgan fingerprint density at radius 3 is 2.61 bits per heavy atom. The molecule has 7 heteroatoms. The minimum atomic E-state index is -3.22. The van der Waals surface area contributed by atoms with Crippen LogP contribution in [0.2, 0.25) is 0 Å². The molecule has 0 aromatic heterocycles. The zero-order valence-corrected chi connectivity index (χ0v) is 15.2. The van der Waals surface area contributed by atoms with E-state index in [1.54, 1.807) is 30.3 Å². The second-order valence-corrected chi connectivity index (χ2v) is 8.40. The average molecular weight is 442 g/mol. The topological polar surface area (TPSA) is 66.5 Å². The highest BCUT2D eigenvalue weighted by atomic mass is 127.